The molecule has 1 aromatic rings. The molecule has 2 heterocycles. The first kappa shape index (κ1) is 11.6. The number of aryl methyl sites for hydroxylation is 2. The predicted octanol–water partition coefficient (Wildman–Crippen LogP) is 0.727. The number of hydrogen-bond donors (Lipinski definition) is 2. The molecule has 4 heteroatoms. The Morgan fingerprint density at radius 1 is 1.50 bits per heavy atom. The Morgan fingerprint density at radius 2 is 2.31 bits per heavy atom. The number of piperazine rings is 1. The van der Waals surface area contributed by atoms with Crippen molar-refractivity contribution < 1.29 is 0 Å². The molecule has 1 saturated heterocycles. The number of H-pyrrole nitrogens is 1. The summed E-state index contributed by atoms with van der Waals surface area (Å²) < 4.78 is 0. The van der Waals surface area contributed by atoms with Crippen LogP contribution in [0, 0.1) is 6.92 Å². The molecule has 0 amide bonds. The predicted molar refractivity (Wildman–Crippen MR) is 65.7 cm³/mol. The highest BCUT2D eigenvalue weighted by Crippen LogP contribution is 2.09. The number of likely N-dealkylation sites (N-methyl/N-ethyl adjacent to an activating group) is 1. The van der Waals surface area contributed by atoms with E-state index in [1.165, 1.54) is 11.4 Å². The molecule has 1 aliphatic rings. The highest BCUT2D eigenvalue weighted by molar-refractivity contribution is 5.13. The topological polar surface area (TPSA) is 44.0 Å². The van der Waals surface area contributed by atoms with Gasteiger partial charge in [-0.2, -0.15) is 0 Å². The van der Waals surface area contributed by atoms with Crippen LogP contribution >= 0.6 is 0 Å². The molecule has 0 spiro atoms. The van der Waals surface area contributed by atoms with E-state index in [-0.39, 0.29) is 0 Å². The number of aromatic nitrogens is 2. The van der Waals surface area contributed by atoms with Gasteiger partial charge in [-0.25, -0.2) is 4.98 Å². The van der Waals surface area contributed by atoms with Crippen molar-refractivity contribution in [2.75, 3.05) is 26.7 Å². The van der Waals surface area contributed by atoms with Crippen molar-refractivity contribution in [2.45, 2.75) is 32.7 Å². The first-order valence-electron chi connectivity index (χ1n) is 6.15. The fraction of sp³-hybridized carbons (Fsp3) is 0.750. The third-order valence-electron chi connectivity index (χ3n) is 3.27. The molecule has 1 aromatic heterocycles. The summed E-state index contributed by atoms with van der Waals surface area (Å²) in [6.07, 6.45) is 2.02. The summed E-state index contributed by atoms with van der Waals surface area (Å²) >= 11 is 0. The SMILES string of the molecule is CCc1nc(CC2CN(C)CCN2)[nH]c1C. The second-order valence-electron chi connectivity index (χ2n) is 4.73. The van der Waals surface area contributed by atoms with Gasteiger partial charge in [-0.1, -0.05) is 6.92 Å². The summed E-state index contributed by atoms with van der Waals surface area (Å²) in [7, 11) is 2.18. The van der Waals surface area contributed by atoms with Gasteiger partial charge >= 0.3 is 0 Å². The molecule has 1 atom stereocenters. The molecule has 1 unspecified atom stereocenters. The van der Waals surface area contributed by atoms with Crippen LogP contribution in [-0.2, 0) is 12.8 Å². The van der Waals surface area contributed by atoms with Gasteiger partial charge in [0.05, 0.1) is 5.69 Å². The maximum atomic E-state index is 4.63. The Balaban J connectivity index is 1.97. The molecule has 2 rings (SSSR count). The number of imidazole rings is 1. The average Bonchev–Trinajstić information content (AvgIpc) is 2.58. The third kappa shape index (κ3) is 2.62. The van der Waals surface area contributed by atoms with Gasteiger partial charge in [0.1, 0.15) is 5.82 Å². The maximum absolute atomic E-state index is 4.63. The van der Waals surface area contributed by atoms with Crippen LogP contribution in [0.5, 0.6) is 0 Å². The molecule has 90 valence electrons. The zero-order chi connectivity index (χ0) is 11.5. The zero-order valence-electron chi connectivity index (χ0n) is 10.5. The van der Waals surface area contributed by atoms with Crippen molar-refractivity contribution in [1.82, 2.24) is 20.2 Å². The van der Waals surface area contributed by atoms with Gasteiger partial charge in [0.15, 0.2) is 0 Å². The summed E-state index contributed by atoms with van der Waals surface area (Å²) in [5.74, 6) is 1.13. The monoisotopic (exact) mass is 222 g/mol. The molecule has 0 bridgehead atoms. The first-order valence-corrected chi connectivity index (χ1v) is 6.15. The fourth-order valence-corrected chi connectivity index (χ4v) is 2.37. The molecule has 0 saturated carbocycles. The van der Waals surface area contributed by atoms with Crippen LogP contribution in [0.3, 0.4) is 0 Å². The maximum Gasteiger partial charge on any atom is 0.108 e. The second-order valence-corrected chi connectivity index (χ2v) is 4.73. The van der Waals surface area contributed by atoms with E-state index in [0.29, 0.717) is 6.04 Å². The normalized spacial score (nSPS) is 22.6. The summed E-state index contributed by atoms with van der Waals surface area (Å²) in [6.45, 7) is 7.60. The van der Waals surface area contributed by atoms with Gasteiger partial charge in [0.25, 0.3) is 0 Å². The largest absolute Gasteiger partial charge is 0.346 e. The number of aromatic amines is 1. The van der Waals surface area contributed by atoms with Crippen molar-refractivity contribution in [3.05, 3.63) is 17.2 Å². The second kappa shape index (κ2) is 4.97. The molecule has 0 aliphatic carbocycles. The summed E-state index contributed by atoms with van der Waals surface area (Å²) in [5, 5.41) is 3.54. The number of rotatable bonds is 3. The molecule has 4 nitrogen and oxygen atoms in total. The molecule has 2 N–H and O–H groups in total. The minimum atomic E-state index is 0.536. The Bertz CT molecular complexity index is 345. The van der Waals surface area contributed by atoms with Crippen LogP contribution < -0.4 is 5.32 Å². The van der Waals surface area contributed by atoms with Gasteiger partial charge in [0, 0.05) is 37.8 Å². The number of hydrogen-bond acceptors (Lipinski definition) is 3. The van der Waals surface area contributed by atoms with Crippen LogP contribution in [0.15, 0.2) is 0 Å². The van der Waals surface area contributed by atoms with E-state index in [1.54, 1.807) is 0 Å². The van der Waals surface area contributed by atoms with E-state index < -0.39 is 0 Å². The lowest BCUT2D eigenvalue weighted by molar-refractivity contribution is 0.236. The summed E-state index contributed by atoms with van der Waals surface area (Å²) in [5.41, 5.74) is 2.43. The van der Waals surface area contributed by atoms with E-state index in [4.69, 9.17) is 0 Å². The van der Waals surface area contributed by atoms with Gasteiger partial charge < -0.3 is 15.2 Å². The summed E-state index contributed by atoms with van der Waals surface area (Å²) in [6, 6.07) is 0.536. The lowest BCUT2D eigenvalue weighted by Gasteiger charge is -2.30. The summed E-state index contributed by atoms with van der Waals surface area (Å²) in [4.78, 5) is 10.4. The molecular formula is C12H22N4. The smallest absolute Gasteiger partial charge is 0.108 e. The van der Waals surface area contributed by atoms with Crippen molar-refractivity contribution in [2.24, 2.45) is 0 Å². The third-order valence-corrected chi connectivity index (χ3v) is 3.27. The van der Waals surface area contributed by atoms with Gasteiger partial charge in [-0.05, 0) is 20.4 Å². The van der Waals surface area contributed by atoms with Gasteiger partial charge in [0.2, 0.25) is 0 Å². The fourth-order valence-electron chi connectivity index (χ4n) is 2.37. The van der Waals surface area contributed by atoms with Crippen molar-refractivity contribution in [1.29, 1.82) is 0 Å². The average molecular weight is 222 g/mol. The number of nitrogens with zero attached hydrogens (tertiary/aromatic N) is 2. The lowest BCUT2D eigenvalue weighted by atomic mass is 10.1. The standard InChI is InChI=1S/C12H22N4/c1-4-11-9(2)14-12(15-11)7-10-8-16(3)6-5-13-10/h10,13H,4-8H2,1-3H3,(H,14,15). The molecule has 0 aromatic carbocycles. The first-order chi connectivity index (χ1) is 7.69. The van der Waals surface area contributed by atoms with Crippen molar-refractivity contribution in [3.8, 4) is 0 Å². The van der Waals surface area contributed by atoms with Crippen LogP contribution in [0.25, 0.3) is 0 Å². The highest BCUT2D eigenvalue weighted by Gasteiger charge is 2.18. The zero-order valence-corrected chi connectivity index (χ0v) is 10.5. The van der Waals surface area contributed by atoms with Gasteiger partial charge in [-0.15, -0.1) is 0 Å². The van der Waals surface area contributed by atoms with Crippen molar-refractivity contribution >= 4 is 0 Å². The van der Waals surface area contributed by atoms with Crippen molar-refractivity contribution in [3.63, 3.8) is 0 Å². The highest BCUT2D eigenvalue weighted by atomic mass is 15.2. The molecule has 16 heavy (non-hydrogen) atoms. The molecule has 1 aliphatic heterocycles. The Labute approximate surface area is 97.4 Å². The minimum Gasteiger partial charge on any atom is -0.346 e. The molecule has 1 fully saturated rings. The van der Waals surface area contributed by atoms with Crippen LogP contribution in [0.2, 0.25) is 0 Å². The quantitative estimate of drug-likeness (QED) is 0.792. The van der Waals surface area contributed by atoms with Crippen LogP contribution in [0.4, 0.5) is 0 Å². The van der Waals surface area contributed by atoms with Crippen LogP contribution in [0.1, 0.15) is 24.1 Å². The Kier molecular flexibility index (Phi) is 3.61. The van der Waals surface area contributed by atoms with E-state index in [2.05, 4.69) is 41.1 Å². The Hall–Kier alpha value is -0.870. The minimum absolute atomic E-state index is 0.536. The molecule has 0 radical (unpaired) electrons. The van der Waals surface area contributed by atoms with E-state index in [1.807, 2.05) is 0 Å². The van der Waals surface area contributed by atoms with E-state index in [0.717, 1.165) is 38.3 Å². The Morgan fingerprint density at radius 3 is 2.94 bits per heavy atom. The van der Waals surface area contributed by atoms with Gasteiger partial charge in [-0.3, -0.25) is 0 Å². The van der Waals surface area contributed by atoms with Crippen LogP contribution in [-0.4, -0.2) is 47.6 Å². The van der Waals surface area contributed by atoms with E-state index in [9.17, 15) is 0 Å². The van der Waals surface area contributed by atoms with E-state index >= 15 is 0 Å². The lowest BCUT2D eigenvalue weighted by Crippen LogP contribution is -2.50. The molecular weight excluding hydrogens is 200 g/mol. The number of nitrogens with one attached hydrogen (secondary N) is 2.